The van der Waals surface area contributed by atoms with E-state index in [1.54, 1.807) is 10.6 Å². The van der Waals surface area contributed by atoms with Crippen LogP contribution < -0.4 is 21.2 Å². The Morgan fingerprint density at radius 2 is 1.76 bits per heavy atom. The second-order valence-corrected chi connectivity index (χ2v) is 5.88. The van der Waals surface area contributed by atoms with Crippen LogP contribution in [0, 0.1) is 6.92 Å². The lowest BCUT2D eigenvalue weighted by molar-refractivity contribution is -0.520. The molecule has 3 aromatic rings. The van der Waals surface area contributed by atoms with Crippen LogP contribution >= 0.6 is 0 Å². The summed E-state index contributed by atoms with van der Waals surface area (Å²) in [5.41, 5.74) is 2.49. The van der Waals surface area contributed by atoms with Gasteiger partial charge in [0.25, 0.3) is 11.5 Å². The number of rotatable bonds is 2. The van der Waals surface area contributed by atoms with E-state index < -0.39 is 0 Å². The molecule has 4 rings (SSSR count). The van der Waals surface area contributed by atoms with Gasteiger partial charge in [-0.25, -0.2) is 20.2 Å². The molecular formula is C19H18N5O+. The van der Waals surface area contributed by atoms with E-state index in [1.165, 1.54) is 0 Å². The standard InChI is InChI=1S/C19H17N5O/c1-13-12-16(25)24-17(14-8-4-2-5-9-14)22-18(23-19(24)20-13)21-15-10-6-3-7-11-15/h2-12,17H,1H3,(H2,20,21,22,23)/p+1/t17-/m1/s1. The van der Waals surface area contributed by atoms with Crippen molar-refractivity contribution >= 4 is 17.6 Å². The van der Waals surface area contributed by atoms with E-state index in [0.29, 0.717) is 17.6 Å². The molecule has 6 nitrogen and oxygen atoms in total. The zero-order valence-corrected chi connectivity index (χ0v) is 13.7. The number of aromatic nitrogens is 2. The van der Waals surface area contributed by atoms with Gasteiger partial charge in [-0.15, -0.1) is 0 Å². The minimum absolute atomic E-state index is 0.102. The van der Waals surface area contributed by atoms with Gasteiger partial charge in [-0.05, 0) is 19.1 Å². The second-order valence-electron chi connectivity index (χ2n) is 5.88. The molecule has 0 amide bonds. The molecule has 0 bridgehead atoms. The summed E-state index contributed by atoms with van der Waals surface area (Å²) in [5.74, 6) is 1.19. The summed E-state index contributed by atoms with van der Waals surface area (Å²) in [6.07, 6.45) is -0.343. The fourth-order valence-electron chi connectivity index (χ4n) is 2.89. The normalized spacial score (nSPS) is 15.7. The number of para-hydroxylation sites is 1. The van der Waals surface area contributed by atoms with Crippen LogP contribution in [0.25, 0.3) is 0 Å². The molecule has 1 aromatic heterocycles. The molecule has 25 heavy (non-hydrogen) atoms. The molecule has 0 unspecified atom stereocenters. The SMILES string of the molecule is Cc1cc(=O)n2c(n1)NC(Nc1ccccc1)=[NH+][C@H]2c1ccccc1. The van der Waals surface area contributed by atoms with Crippen molar-refractivity contribution in [2.24, 2.45) is 0 Å². The maximum atomic E-state index is 12.5. The van der Waals surface area contributed by atoms with Crippen LogP contribution in [0.15, 0.2) is 71.5 Å². The summed E-state index contributed by atoms with van der Waals surface area (Å²) >= 11 is 0. The first kappa shape index (κ1) is 15.1. The molecule has 1 aliphatic rings. The van der Waals surface area contributed by atoms with Crippen LogP contribution in [-0.2, 0) is 0 Å². The summed E-state index contributed by atoms with van der Waals surface area (Å²) in [6.45, 7) is 1.81. The molecule has 0 aliphatic carbocycles. The van der Waals surface area contributed by atoms with Gasteiger partial charge in [-0.1, -0.05) is 48.5 Å². The highest BCUT2D eigenvalue weighted by Crippen LogP contribution is 2.16. The molecule has 2 heterocycles. The lowest BCUT2D eigenvalue weighted by Crippen LogP contribution is -2.82. The zero-order valence-electron chi connectivity index (χ0n) is 13.7. The minimum Gasteiger partial charge on any atom is -0.269 e. The predicted octanol–water partition coefficient (Wildman–Crippen LogP) is 1.07. The van der Waals surface area contributed by atoms with Gasteiger partial charge >= 0.3 is 5.96 Å². The first-order valence-corrected chi connectivity index (χ1v) is 8.08. The average molecular weight is 332 g/mol. The maximum Gasteiger partial charge on any atom is 0.357 e. The van der Waals surface area contributed by atoms with E-state index in [4.69, 9.17) is 0 Å². The molecular weight excluding hydrogens is 314 g/mol. The van der Waals surface area contributed by atoms with Crippen LogP contribution in [0.1, 0.15) is 17.4 Å². The minimum atomic E-state index is -0.343. The number of hydrogen-bond donors (Lipinski definition) is 3. The van der Waals surface area contributed by atoms with Crippen molar-refractivity contribution in [3.05, 3.63) is 88.3 Å². The summed E-state index contributed by atoms with van der Waals surface area (Å²) < 4.78 is 1.62. The van der Waals surface area contributed by atoms with Gasteiger partial charge in [0, 0.05) is 17.3 Å². The van der Waals surface area contributed by atoms with E-state index in [1.807, 2.05) is 67.6 Å². The van der Waals surface area contributed by atoms with Crippen molar-refractivity contribution in [1.82, 2.24) is 9.55 Å². The average Bonchev–Trinajstić information content (AvgIpc) is 2.62. The van der Waals surface area contributed by atoms with E-state index >= 15 is 0 Å². The van der Waals surface area contributed by atoms with E-state index in [9.17, 15) is 4.79 Å². The Bertz CT molecular complexity index is 980. The van der Waals surface area contributed by atoms with Crippen molar-refractivity contribution in [2.75, 3.05) is 10.6 Å². The Morgan fingerprint density at radius 3 is 2.48 bits per heavy atom. The smallest absolute Gasteiger partial charge is 0.269 e. The van der Waals surface area contributed by atoms with Crippen molar-refractivity contribution in [3.8, 4) is 0 Å². The highest BCUT2D eigenvalue weighted by molar-refractivity contribution is 5.99. The van der Waals surface area contributed by atoms with E-state index in [-0.39, 0.29) is 11.7 Å². The summed E-state index contributed by atoms with van der Waals surface area (Å²) in [4.78, 5) is 20.4. The Labute approximate surface area is 144 Å². The Hall–Kier alpha value is -3.41. The van der Waals surface area contributed by atoms with E-state index in [2.05, 4.69) is 20.6 Å². The van der Waals surface area contributed by atoms with Crippen molar-refractivity contribution in [1.29, 1.82) is 0 Å². The van der Waals surface area contributed by atoms with Crippen molar-refractivity contribution in [2.45, 2.75) is 13.1 Å². The Balaban J connectivity index is 1.81. The maximum absolute atomic E-state index is 12.5. The molecule has 0 saturated heterocycles. The van der Waals surface area contributed by atoms with Crippen LogP contribution in [0.2, 0.25) is 0 Å². The first-order chi connectivity index (χ1) is 12.2. The molecule has 0 radical (unpaired) electrons. The number of fused-ring (bicyclic) bond motifs is 1. The fourth-order valence-corrected chi connectivity index (χ4v) is 2.89. The van der Waals surface area contributed by atoms with E-state index in [0.717, 1.165) is 11.3 Å². The molecule has 0 fully saturated rings. The quantitative estimate of drug-likeness (QED) is 0.656. The highest BCUT2D eigenvalue weighted by Gasteiger charge is 2.28. The monoisotopic (exact) mass is 332 g/mol. The number of nitrogens with one attached hydrogen (secondary N) is 3. The fraction of sp³-hybridized carbons (Fsp3) is 0.105. The van der Waals surface area contributed by atoms with Gasteiger partial charge in [0.15, 0.2) is 6.17 Å². The van der Waals surface area contributed by atoms with Gasteiger partial charge in [0.1, 0.15) is 0 Å². The number of nitrogens with zero attached hydrogens (tertiary/aromatic N) is 2. The van der Waals surface area contributed by atoms with Gasteiger partial charge in [-0.3, -0.25) is 9.79 Å². The highest BCUT2D eigenvalue weighted by atomic mass is 16.1. The van der Waals surface area contributed by atoms with Crippen LogP contribution in [0.5, 0.6) is 0 Å². The van der Waals surface area contributed by atoms with Gasteiger partial charge in [0.05, 0.1) is 5.69 Å². The molecule has 1 atom stereocenters. The molecule has 1 aliphatic heterocycles. The third kappa shape index (κ3) is 3.01. The number of guanidine groups is 1. The predicted molar refractivity (Wildman–Crippen MR) is 97.5 cm³/mol. The second kappa shape index (κ2) is 6.24. The molecule has 6 heteroatoms. The number of anilines is 2. The lowest BCUT2D eigenvalue weighted by atomic mass is 10.1. The molecule has 0 saturated carbocycles. The largest absolute Gasteiger partial charge is 0.357 e. The first-order valence-electron chi connectivity index (χ1n) is 8.08. The van der Waals surface area contributed by atoms with Crippen molar-refractivity contribution < 1.29 is 4.99 Å². The van der Waals surface area contributed by atoms with Gasteiger partial charge in [0.2, 0.25) is 0 Å². The molecule has 2 aromatic carbocycles. The Morgan fingerprint density at radius 1 is 1.08 bits per heavy atom. The molecule has 3 N–H and O–H groups in total. The van der Waals surface area contributed by atoms with Crippen LogP contribution in [0.3, 0.4) is 0 Å². The van der Waals surface area contributed by atoms with Crippen LogP contribution in [-0.4, -0.2) is 15.5 Å². The van der Waals surface area contributed by atoms with Crippen LogP contribution in [0.4, 0.5) is 11.6 Å². The summed E-state index contributed by atoms with van der Waals surface area (Å²) in [7, 11) is 0. The third-order valence-electron chi connectivity index (χ3n) is 4.01. The number of hydrogen-bond acceptors (Lipinski definition) is 4. The topological polar surface area (TPSA) is 72.9 Å². The molecule has 124 valence electrons. The Kier molecular flexibility index (Phi) is 3.78. The van der Waals surface area contributed by atoms with Gasteiger partial charge < -0.3 is 0 Å². The lowest BCUT2D eigenvalue weighted by Gasteiger charge is -2.23. The summed E-state index contributed by atoms with van der Waals surface area (Å²) in [5, 5.41) is 6.47. The number of benzene rings is 2. The third-order valence-corrected chi connectivity index (χ3v) is 4.01. The van der Waals surface area contributed by atoms with Crippen molar-refractivity contribution in [3.63, 3.8) is 0 Å². The molecule has 0 spiro atoms. The van der Waals surface area contributed by atoms with Gasteiger partial charge in [-0.2, -0.15) is 0 Å². The number of aryl methyl sites for hydroxylation is 1. The zero-order chi connectivity index (χ0) is 17.2. The summed E-state index contributed by atoms with van der Waals surface area (Å²) in [6, 6.07) is 21.2.